The Kier molecular flexibility index (Phi) is 7.70. The lowest BCUT2D eigenvalue weighted by molar-refractivity contribution is -0.143. The monoisotopic (exact) mass is 461 g/mol. The van der Waals surface area contributed by atoms with Crippen LogP contribution in [0.5, 0.6) is 17.2 Å². The Hall–Kier alpha value is -3.51. The molecule has 1 aliphatic rings. The molecule has 0 amide bonds. The Morgan fingerprint density at radius 2 is 1.62 bits per heavy atom. The Morgan fingerprint density at radius 1 is 0.912 bits per heavy atom. The van der Waals surface area contributed by atoms with Gasteiger partial charge in [-0.2, -0.15) is 0 Å². The summed E-state index contributed by atoms with van der Waals surface area (Å²) in [7, 11) is 3.31. The van der Waals surface area contributed by atoms with Crippen molar-refractivity contribution >= 4 is 5.97 Å². The fraction of sp³-hybridized carbons (Fsp3) is 0.321. The maximum atomic E-state index is 11.6. The van der Waals surface area contributed by atoms with E-state index in [0.717, 1.165) is 33.9 Å². The van der Waals surface area contributed by atoms with Crippen LogP contribution in [0.1, 0.15) is 35.6 Å². The lowest BCUT2D eigenvalue weighted by atomic mass is 9.90. The number of nitrogens with zero attached hydrogens (tertiary/aromatic N) is 1. The number of methoxy groups -OCH3 is 2. The molecule has 4 rings (SSSR count). The van der Waals surface area contributed by atoms with Gasteiger partial charge in [0.05, 0.1) is 26.2 Å². The molecule has 1 heterocycles. The van der Waals surface area contributed by atoms with Crippen LogP contribution in [0, 0.1) is 5.92 Å². The summed E-state index contributed by atoms with van der Waals surface area (Å²) in [5.41, 5.74) is 3.07. The van der Waals surface area contributed by atoms with Crippen LogP contribution in [0.25, 0.3) is 0 Å². The minimum absolute atomic E-state index is 0.174. The van der Waals surface area contributed by atoms with Crippen molar-refractivity contribution in [1.29, 1.82) is 0 Å². The molecule has 1 aliphatic heterocycles. The molecule has 3 aromatic rings. The summed E-state index contributed by atoms with van der Waals surface area (Å²) < 4.78 is 17.6. The molecule has 1 saturated heterocycles. The van der Waals surface area contributed by atoms with Crippen LogP contribution in [0.4, 0.5) is 0 Å². The largest absolute Gasteiger partial charge is 0.497 e. The van der Waals surface area contributed by atoms with Crippen molar-refractivity contribution in [3.63, 3.8) is 0 Å². The number of hydrogen-bond donors (Lipinski definition) is 1. The highest BCUT2D eigenvalue weighted by atomic mass is 16.5. The normalized spacial score (nSPS) is 15.5. The standard InChI is InChI=1S/C28H31NO5/c1-32-22-12-13-25(33-2)24(18-22)27(29-16-14-21(15-17-29)28(30)31)23-10-6-7-11-26(23)34-19-20-8-4-3-5-9-20/h3-13,18,21,27H,14-17,19H2,1-2H3,(H,30,31). The van der Waals surface area contributed by atoms with Crippen molar-refractivity contribution in [2.75, 3.05) is 27.3 Å². The van der Waals surface area contributed by atoms with E-state index in [1.54, 1.807) is 14.2 Å². The number of likely N-dealkylation sites (tertiary alicyclic amines) is 1. The summed E-state index contributed by atoms with van der Waals surface area (Å²) in [6, 6.07) is 23.7. The van der Waals surface area contributed by atoms with Crippen LogP contribution in [-0.4, -0.2) is 43.3 Å². The first-order chi connectivity index (χ1) is 16.6. The van der Waals surface area contributed by atoms with E-state index in [4.69, 9.17) is 14.2 Å². The third kappa shape index (κ3) is 5.34. The summed E-state index contributed by atoms with van der Waals surface area (Å²) in [6.07, 6.45) is 1.20. The zero-order valence-corrected chi connectivity index (χ0v) is 19.6. The van der Waals surface area contributed by atoms with Gasteiger partial charge in [0.2, 0.25) is 0 Å². The van der Waals surface area contributed by atoms with E-state index in [0.29, 0.717) is 32.5 Å². The second kappa shape index (κ2) is 11.1. The third-order valence-corrected chi connectivity index (χ3v) is 6.43. The van der Waals surface area contributed by atoms with Crippen LogP contribution in [0.3, 0.4) is 0 Å². The maximum absolute atomic E-state index is 11.6. The number of para-hydroxylation sites is 1. The van der Waals surface area contributed by atoms with Gasteiger partial charge < -0.3 is 19.3 Å². The Labute approximate surface area is 200 Å². The summed E-state index contributed by atoms with van der Waals surface area (Å²) in [5.74, 6) is 1.25. The molecule has 0 aliphatic carbocycles. The van der Waals surface area contributed by atoms with E-state index < -0.39 is 5.97 Å². The van der Waals surface area contributed by atoms with E-state index >= 15 is 0 Å². The maximum Gasteiger partial charge on any atom is 0.306 e. The van der Waals surface area contributed by atoms with Crippen LogP contribution in [0.15, 0.2) is 72.8 Å². The van der Waals surface area contributed by atoms with Crippen molar-refractivity contribution in [2.24, 2.45) is 5.92 Å². The molecular formula is C28H31NO5. The second-order valence-electron chi connectivity index (χ2n) is 8.47. The smallest absolute Gasteiger partial charge is 0.306 e. The van der Waals surface area contributed by atoms with E-state index in [-0.39, 0.29) is 12.0 Å². The molecule has 0 saturated carbocycles. The highest BCUT2D eigenvalue weighted by Crippen LogP contribution is 2.42. The zero-order chi connectivity index (χ0) is 23.9. The minimum Gasteiger partial charge on any atom is -0.497 e. The lowest BCUT2D eigenvalue weighted by Crippen LogP contribution is -2.39. The van der Waals surface area contributed by atoms with Crippen LogP contribution in [0.2, 0.25) is 0 Å². The molecule has 3 aromatic carbocycles. The van der Waals surface area contributed by atoms with Crippen molar-refractivity contribution in [3.8, 4) is 17.2 Å². The average Bonchev–Trinajstić information content (AvgIpc) is 2.89. The molecule has 34 heavy (non-hydrogen) atoms. The number of carbonyl (C=O) groups is 1. The van der Waals surface area contributed by atoms with Gasteiger partial charge in [-0.1, -0.05) is 48.5 Å². The van der Waals surface area contributed by atoms with Gasteiger partial charge in [0.25, 0.3) is 0 Å². The molecule has 1 fully saturated rings. The number of hydrogen-bond acceptors (Lipinski definition) is 5. The fourth-order valence-corrected chi connectivity index (χ4v) is 4.59. The van der Waals surface area contributed by atoms with Crippen molar-refractivity contribution in [2.45, 2.75) is 25.5 Å². The number of rotatable bonds is 9. The first-order valence-electron chi connectivity index (χ1n) is 11.5. The van der Waals surface area contributed by atoms with Gasteiger partial charge in [-0.05, 0) is 55.8 Å². The molecule has 6 heteroatoms. The van der Waals surface area contributed by atoms with Crippen LogP contribution in [-0.2, 0) is 11.4 Å². The summed E-state index contributed by atoms with van der Waals surface area (Å²) >= 11 is 0. The fourth-order valence-electron chi connectivity index (χ4n) is 4.59. The van der Waals surface area contributed by atoms with Crippen molar-refractivity contribution in [3.05, 3.63) is 89.5 Å². The zero-order valence-electron chi connectivity index (χ0n) is 19.6. The Bertz CT molecular complexity index is 1090. The van der Waals surface area contributed by atoms with E-state index in [1.165, 1.54) is 0 Å². The number of ether oxygens (including phenoxy) is 3. The SMILES string of the molecule is COc1ccc(OC)c(C(c2ccccc2OCc2ccccc2)N2CCC(C(=O)O)CC2)c1. The van der Waals surface area contributed by atoms with Gasteiger partial charge in [-0.25, -0.2) is 0 Å². The molecule has 1 unspecified atom stereocenters. The Balaban J connectivity index is 1.73. The molecule has 0 bridgehead atoms. The number of aliphatic carboxylic acids is 1. The predicted molar refractivity (Wildman–Crippen MR) is 131 cm³/mol. The van der Waals surface area contributed by atoms with E-state index in [1.807, 2.05) is 66.7 Å². The van der Waals surface area contributed by atoms with Gasteiger partial charge in [0.15, 0.2) is 0 Å². The average molecular weight is 462 g/mol. The van der Waals surface area contributed by atoms with Gasteiger partial charge in [-0.3, -0.25) is 9.69 Å². The molecule has 1 N–H and O–H groups in total. The highest BCUT2D eigenvalue weighted by Gasteiger charge is 2.33. The number of piperidine rings is 1. The quantitative estimate of drug-likeness (QED) is 0.474. The highest BCUT2D eigenvalue weighted by molar-refractivity contribution is 5.70. The lowest BCUT2D eigenvalue weighted by Gasteiger charge is -2.38. The van der Waals surface area contributed by atoms with Crippen molar-refractivity contribution < 1.29 is 24.1 Å². The molecule has 6 nitrogen and oxygen atoms in total. The molecule has 0 radical (unpaired) electrons. The van der Waals surface area contributed by atoms with Crippen LogP contribution < -0.4 is 14.2 Å². The van der Waals surface area contributed by atoms with E-state index in [2.05, 4.69) is 11.0 Å². The summed E-state index contributed by atoms with van der Waals surface area (Å²) in [4.78, 5) is 13.9. The molecule has 0 spiro atoms. The summed E-state index contributed by atoms with van der Waals surface area (Å²) in [6.45, 7) is 1.78. The predicted octanol–water partition coefficient (Wildman–Crippen LogP) is 5.17. The van der Waals surface area contributed by atoms with Crippen LogP contribution >= 0.6 is 0 Å². The van der Waals surface area contributed by atoms with Crippen molar-refractivity contribution in [1.82, 2.24) is 4.90 Å². The first-order valence-corrected chi connectivity index (χ1v) is 11.5. The third-order valence-electron chi connectivity index (χ3n) is 6.43. The van der Waals surface area contributed by atoms with E-state index in [9.17, 15) is 9.90 Å². The number of benzene rings is 3. The second-order valence-corrected chi connectivity index (χ2v) is 8.47. The molecule has 178 valence electrons. The molecule has 1 atom stereocenters. The molecular weight excluding hydrogens is 430 g/mol. The van der Waals surface area contributed by atoms with Gasteiger partial charge >= 0.3 is 5.97 Å². The molecule has 0 aromatic heterocycles. The first kappa shape index (κ1) is 23.6. The Morgan fingerprint density at radius 3 is 2.29 bits per heavy atom. The summed E-state index contributed by atoms with van der Waals surface area (Å²) in [5, 5.41) is 9.49. The topological polar surface area (TPSA) is 68.2 Å². The number of carboxylic acid groups (broad SMARTS) is 1. The van der Waals surface area contributed by atoms with Gasteiger partial charge in [0.1, 0.15) is 23.9 Å². The minimum atomic E-state index is -0.721. The number of carboxylic acids is 1. The van der Waals surface area contributed by atoms with Gasteiger partial charge in [0, 0.05) is 11.1 Å². The van der Waals surface area contributed by atoms with Gasteiger partial charge in [-0.15, -0.1) is 0 Å².